The first-order chi connectivity index (χ1) is 14.8. The average molecular weight is 427 g/mol. The van der Waals surface area contributed by atoms with Crippen molar-refractivity contribution in [1.82, 2.24) is 25.3 Å². The maximum atomic E-state index is 13.0. The third kappa shape index (κ3) is 4.04. The van der Waals surface area contributed by atoms with Crippen LogP contribution in [-0.2, 0) is 17.9 Å². The lowest BCUT2D eigenvalue weighted by Gasteiger charge is -2.41. The van der Waals surface area contributed by atoms with Crippen molar-refractivity contribution in [3.8, 4) is 0 Å². The molecule has 1 aromatic carbocycles. The molecule has 0 radical (unpaired) electrons. The number of carbonyl (C=O) groups is 3. The van der Waals surface area contributed by atoms with Gasteiger partial charge in [-0.3, -0.25) is 19.1 Å². The van der Waals surface area contributed by atoms with Crippen molar-refractivity contribution in [3.05, 3.63) is 53.1 Å². The maximum Gasteiger partial charge on any atom is 0.272 e. The van der Waals surface area contributed by atoms with Crippen LogP contribution in [0.3, 0.4) is 0 Å². The number of likely N-dealkylation sites (N-methyl/N-ethyl adjacent to an activating group) is 1. The van der Waals surface area contributed by atoms with Crippen molar-refractivity contribution >= 4 is 17.7 Å². The fourth-order valence-electron chi connectivity index (χ4n) is 4.12. The monoisotopic (exact) mass is 427 g/mol. The van der Waals surface area contributed by atoms with Crippen molar-refractivity contribution in [3.63, 3.8) is 0 Å². The van der Waals surface area contributed by atoms with Gasteiger partial charge in [-0.05, 0) is 37.5 Å². The molecule has 1 aliphatic carbocycles. The highest BCUT2D eigenvalue weighted by atomic mass is 19.1. The van der Waals surface area contributed by atoms with Crippen LogP contribution in [0.5, 0.6) is 0 Å². The van der Waals surface area contributed by atoms with Gasteiger partial charge in [0.15, 0.2) is 5.69 Å². The molecular weight excluding hydrogens is 401 g/mol. The first kappa shape index (κ1) is 21.0. The summed E-state index contributed by atoms with van der Waals surface area (Å²) < 4.78 is 14.5. The van der Waals surface area contributed by atoms with Gasteiger partial charge in [-0.25, -0.2) is 4.39 Å². The maximum absolute atomic E-state index is 13.0. The molecule has 4 rings (SSSR count). The van der Waals surface area contributed by atoms with E-state index in [1.165, 1.54) is 27.8 Å². The van der Waals surface area contributed by atoms with Gasteiger partial charge in [0.1, 0.15) is 17.1 Å². The Morgan fingerprint density at radius 1 is 1.23 bits per heavy atom. The van der Waals surface area contributed by atoms with Gasteiger partial charge >= 0.3 is 0 Å². The Morgan fingerprint density at radius 2 is 1.90 bits per heavy atom. The summed E-state index contributed by atoms with van der Waals surface area (Å²) >= 11 is 0. The molecule has 2 heterocycles. The smallest absolute Gasteiger partial charge is 0.272 e. The molecule has 1 aromatic heterocycles. The zero-order valence-electron chi connectivity index (χ0n) is 17.7. The first-order valence-electron chi connectivity index (χ1n) is 10.5. The van der Waals surface area contributed by atoms with Gasteiger partial charge in [-0.2, -0.15) is 5.10 Å². The predicted octanol–water partition coefficient (Wildman–Crippen LogP) is 1.86. The van der Waals surface area contributed by atoms with Crippen LogP contribution in [0.25, 0.3) is 0 Å². The number of hydrogen-bond acceptors (Lipinski definition) is 4. The molecule has 1 atom stereocenters. The molecular formula is C22H26FN5O3. The van der Waals surface area contributed by atoms with E-state index in [0.717, 1.165) is 31.2 Å². The van der Waals surface area contributed by atoms with E-state index in [4.69, 9.17) is 0 Å². The topological polar surface area (TPSA) is 96.3 Å². The summed E-state index contributed by atoms with van der Waals surface area (Å²) in [6.07, 6.45) is 4.09. The van der Waals surface area contributed by atoms with E-state index in [9.17, 15) is 18.8 Å². The van der Waals surface area contributed by atoms with E-state index in [2.05, 4.69) is 15.7 Å². The number of hydrogen-bond donors (Lipinski definition) is 2. The largest absolute Gasteiger partial charge is 0.351 e. The fourth-order valence-corrected chi connectivity index (χ4v) is 4.12. The molecule has 0 bridgehead atoms. The second kappa shape index (κ2) is 8.13. The van der Waals surface area contributed by atoms with E-state index in [1.54, 1.807) is 26.1 Å². The Kier molecular flexibility index (Phi) is 5.51. The molecule has 31 heavy (non-hydrogen) atoms. The molecule has 164 valence electrons. The lowest BCUT2D eigenvalue weighted by Crippen LogP contribution is -2.63. The highest BCUT2D eigenvalue weighted by Gasteiger charge is 2.46. The van der Waals surface area contributed by atoms with Crippen molar-refractivity contribution in [2.45, 2.75) is 57.3 Å². The number of fused-ring (bicyclic) bond motifs is 1. The summed E-state index contributed by atoms with van der Waals surface area (Å²) in [6.45, 7) is 2.08. The minimum Gasteiger partial charge on any atom is -0.351 e. The second-order valence-electron chi connectivity index (χ2n) is 8.47. The Hall–Kier alpha value is -3.23. The summed E-state index contributed by atoms with van der Waals surface area (Å²) in [5.41, 5.74) is 0.00571. The van der Waals surface area contributed by atoms with Crippen LogP contribution in [-0.4, -0.2) is 51.0 Å². The van der Waals surface area contributed by atoms with Crippen LogP contribution in [0.4, 0.5) is 4.39 Å². The Morgan fingerprint density at radius 3 is 2.58 bits per heavy atom. The highest BCUT2D eigenvalue weighted by molar-refractivity contribution is 6.01. The first-order valence-corrected chi connectivity index (χ1v) is 10.5. The van der Waals surface area contributed by atoms with Gasteiger partial charge in [0.2, 0.25) is 5.91 Å². The van der Waals surface area contributed by atoms with Crippen LogP contribution in [0.1, 0.15) is 59.1 Å². The molecule has 8 nitrogen and oxygen atoms in total. The Balaban J connectivity index is 1.48. The normalized spacial score (nSPS) is 21.1. The van der Waals surface area contributed by atoms with Crippen molar-refractivity contribution in [2.24, 2.45) is 0 Å². The number of rotatable bonds is 5. The number of aromatic nitrogens is 2. The molecule has 2 aliphatic rings. The number of carbonyl (C=O) groups excluding carboxylic acids is 3. The van der Waals surface area contributed by atoms with Crippen molar-refractivity contribution in [1.29, 1.82) is 0 Å². The molecule has 0 unspecified atom stereocenters. The molecule has 0 spiro atoms. The molecule has 9 heteroatoms. The fraction of sp³-hybridized carbons (Fsp3) is 0.455. The van der Waals surface area contributed by atoms with Gasteiger partial charge < -0.3 is 15.5 Å². The minimum absolute atomic E-state index is 0.0966. The lowest BCUT2D eigenvalue weighted by molar-refractivity contribution is -0.133. The van der Waals surface area contributed by atoms with Crippen LogP contribution in [0, 0.1) is 5.82 Å². The van der Waals surface area contributed by atoms with Gasteiger partial charge in [0.05, 0.1) is 6.54 Å². The lowest BCUT2D eigenvalue weighted by atomic mass is 9.95. The van der Waals surface area contributed by atoms with Crippen molar-refractivity contribution in [2.75, 3.05) is 7.05 Å². The Bertz CT molecular complexity index is 1010. The summed E-state index contributed by atoms with van der Waals surface area (Å²) in [5.74, 6) is -1.36. The number of amides is 3. The van der Waals surface area contributed by atoms with Gasteiger partial charge in [0.25, 0.3) is 11.8 Å². The summed E-state index contributed by atoms with van der Waals surface area (Å²) in [7, 11) is 1.60. The van der Waals surface area contributed by atoms with Gasteiger partial charge in [-0.15, -0.1) is 0 Å². The average Bonchev–Trinajstić information content (AvgIpc) is 3.41. The summed E-state index contributed by atoms with van der Waals surface area (Å²) in [4.78, 5) is 39.9. The van der Waals surface area contributed by atoms with Crippen LogP contribution >= 0.6 is 0 Å². The van der Waals surface area contributed by atoms with E-state index < -0.39 is 11.4 Å². The molecule has 0 saturated heterocycles. The number of halogens is 1. The van der Waals surface area contributed by atoms with Gasteiger partial charge in [0, 0.05) is 25.7 Å². The summed E-state index contributed by atoms with van der Waals surface area (Å²) in [6, 6.07) is 7.39. The Labute approximate surface area is 179 Å². The molecule has 1 fully saturated rings. The summed E-state index contributed by atoms with van der Waals surface area (Å²) in [5, 5.41) is 10.1. The number of nitrogens with one attached hydrogen (secondary N) is 2. The van der Waals surface area contributed by atoms with E-state index in [0.29, 0.717) is 0 Å². The predicted molar refractivity (Wildman–Crippen MR) is 111 cm³/mol. The van der Waals surface area contributed by atoms with E-state index in [1.807, 2.05) is 0 Å². The minimum atomic E-state index is -1.10. The zero-order valence-corrected chi connectivity index (χ0v) is 17.7. The van der Waals surface area contributed by atoms with E-state index >= 15 is 0 Å². The van der Waals surface area contributed by atoms with Crippen LogP contribution in [0.15, 0.2) is 30.3 Å². The third-order valence-electron chi connectivity index (χ3n) is 6.28. The number of nitrogens with zero attached hydrogens (tertiary/aromatic N) is 3. The zero-order chi connectivity index (χ0) is 22.2. The SMILES string of the molecule is CN1C(=O)c2cc(C(=O)NCc3ccc(F)cc3)nn2C[C@@]1(C)C(=O)NC1CCCC1. The van der Waals surface area contributed by atoms with Crippen molar-refractivity contribution < 1.29 is 18.8 Å². The molecule has 2 aromatic rings. The molecule has 3 amide bonds. The van der Waals surface area contributed by atoms with Gasteiger partial charge in [-0.1, -0.05) is 25.0 Å². The number of benzene rings is 1. The highest BCUT2D eigenvalue weighted by Crippen LogP contribution is 2.27. The second-order valence-corrected chi connectivity index (χ2v) is 8.47. The third-order valence-corrected chi connectivity index (χ3v) is 6.28. The molecule has 1 saturated carbocycles. The van der Waals surface area contributed by atoms with Crippen LogP contribution in [0.2, 0.25) is 0 Å². The van der Waals surface area contributed by atoms with Crippen LogP contribution < -0.4 is 10.6 Å². The molecule has 1 aliphatic heterocycles. The molecule has 2 N–H and O–H groups in total. The van der Waals surface area contributed by atoms with E-state index in [-0.39, 0.29) is 48.2 Å². The standard InChI is InChI=1S/C22H26FN5O3/c1-22(21(31)25-16-5-3-4-6-16)13-28-18(20(30)27(22)2)11-17(26-28)19(29)24-12-14-7-9-15(23)10-8-14/h7-11,16H,3-6,12-13H2,1-2H3,(H,24,29)(H,25,31)/t22-/m0/s1. The quantitative estimate of drug-likeness (QED) is 0.761.